The summed E-state index contributed by atoms with van der Waals surface area (Å²) in [6.07, 6.45) is 4.97. The van der Waals surface area contributed by atoms with E-state index in [9.17, 15) is 9.18 Å². The van der Waals surface area contributed by atoms with Crippen LogP contribution in [0.15, 0.2) is 24.3 Å². The van der Waals surface area contributed by atoms with Gasteiger partial charge in [-0.2, -0.15) is 0 Å². The van der Waals surface area contributed by atoms with E-state index in [2.05, 4.69) is 0 Å². The first-order chi connectivity index (χ1) is 8.16. The van der Waals surface area contributed by atoms with Crippen LogP contribution in [-0.4, -0.2) is 19.0 Å². The second-order valence-electron chi connectivity index (χ2n) is 4.14. The number of hydrogen-bond donors (Lipinski definition) is 1. The van der Waals surface area contributed by atoms with Crippen molar-refractivity contribution in [2.75, 3.05) is 18.0 Å². The number of carbonyl (C=O) groups excluding carboxylic acids is 1. The molecule has 0 atom stereocenters. The lowest BCUT2D eigenvalue weighted by Crippen LogP contribution is -2.18. The quantitative estimate of drug-likeness (QED) is 0.812. The van der Waals surface area contributed by atoms with Gasteiger partial charge in [0, 0.05) is 19.2 Å². The molecule has 3 nitrogen and oxygen atoms in total. The van der Waals surface area contributed by atoms with Gasteiger partial charge in [0.05, 0.1) is 5.69 Å². The minimum Gasteiger partial charge on any atom is -0.369 e. The number of hydrogen-bond acceptors (Lipinski definition) is 2. The van der Waals surface area contributed by atoms with E-state index in [1.807, 2.05) is 4.90 Å². The average molecular weight is 234 g/mol. The molecule has 1 aliphatic rings. The summed E-state index contributed by atoms with van der Waals surface area (Å²) >= 11 is 0. The molecular weight excluding hydrogens is 219 g/mol. The minimum atomic E-state index is -0.533. The van der Waals surface area contributed by atoms with E-state index in [1.54, 1.807) is 12.1 Å². The van der Waals surface area contributed by atoms with E-state index in [-0.39, 0.29) is 5.82 Å². The smallest absolute Gasteiger partial charge is 0.241 e. The van der Waals surface area contributed by atoms with E-state index in [1.165, 1.54) is 18.2 Å². The van der Waals surface area contributed by atoms with E-state index in [4.69, 9.17) is 5.73 Å². The number of nitrogens with zero attached hydrogens (tertiary/aromatic N) is 1. The fourth-order valence-corrected chi connectivity index (χ4v) is 2.02. The van der Waals surface area contributed by atoms with Crippen LogP contribution in [0.5, 0.6) is 0 Å². The first-order valence-electron chi connectivity index (χ1n) is 5.69. The highest BCUT2D eigenvalue weighted by Gasteiger charge is 2.15. The Balaban J connectivity index is 2.19. The van der Waals surface area contributed by atoms with Gasteiger partial charge in [-0.05, 0) is 36.6 Å². The Hall–Kier alpha value is -1.84. The monoisotopic (exact) mass is 234 g/mol. The molecule has 1 aromatic carbocycles. The number of amides is 1. The van der Waals surface area contributed by atoms with Gasteiger partial charge in [-0.1, -0.05) is 6.07 Å². The molecule has 1 aliphatic heterocycles. The van der Waals surface area contributed by atoms with Gasteiger partial charge in [0.25, 0.3) is 0 Å². The second-order valence-corrected chi connectivity index (χ2v) is 4.14. The lowest BCUT2D eigenvalue weighted by molar-refractivity contribution is -0.113. The van der Waals surface area contributed by atoms with Gasteiger partial charge in [-0.3, -0.25) is 4.79 Å². The zero-order chi connectivity index (χ0) is 12.3. The van der Waals surface area contributed by atoms with Crippen molar-refractivity contribution in [1.29, 1.82) is 0 Å². The summed E-state index contributed by atoms with van der Waals surface area (Å²) in [6, 6.07) is 4.96. The number of carbonyl (C=O) groups is 1. The summed E-state index contributed by atoms with van der Waals surface area (Å²) < 4.78 is 13.8. The van der Waals surface area contributed by atoms with Crippen molar-refractivity contribution in [2.24, 2.45) is 5.73 Å². The van der Waals surface area contributed by atoms with Gasteiger partial charge in [-0.25, -0.2) is 4.39 Å². The lowest BCUT2D eigenvalue weighted by atomic mass is 10.1. The summed E-state index contributed by atoms with van der Waals surface area (Å²) in [7, 11) is 0. The molecule has 90 valence electrons. The Kier molecular flexibility index (Phi) is 3.42. The molecule has 0 bridgehead atoms. The van der Waals surface area contributed by atoms with E-state index >= 15 is 0 Å². The Bertz CT molecular complexity index is 451. The fraction of sp³-hybridized carbons (Fsp3) is 0.308. The molecule has 0 unspecified atom stereocenters. The first kappa shape index (κ1) is 11.6. The predicted molar refractivity (Wildman–Crippen MR) is 66.1 cm³/mol. The van der Waals surface area contributed by atoms with Crippen LogP contribution in [0.4, 0.5) is 10.1 Å². The topological polar surface area (TPSA) is 46.3 Å². The standard InChI is InChI=1S/C13H15FN2O/c14-11-9-10(4-6-13(15)17)3-5-12(11)16-7-1-2-8-16/h3-6,9H,1-2,7-8H2,(H2,15,17)/b6-4-. The van der Waals surface area contributed by atoms with Crippen molar-refractivity contribution in [3.05, 3.63) is 35.7 Å². The molecule has 17 heavy (non-hydrogen) atoms. The molecule has 1 aromatic rings. The largest absolute Gasteiger partial charge is 0.369 e. The molecule has 0 aliphatic carbocycles. The molecule has 0 aromatic heterocycles. The number of anilines is 1. The average Bonchev–Trinajstić information content (AvgIpc) is 2.79. The summed E-state index contributed by atoms with van der Waals surface area (Å²) in [5.41, 5.74) is 6.26. The summed E-state index contributed by atoms with van der Waals surface area (Å²) in [5, 5.41) is 0. The molecule has 2 N–H and O–H groups in total. The summed E-state index contributed by atoms with van der Waals surface area (Å²) in [6.45, 7) is 1.82. The van der Waals surface area contributed by atoms with Gasteiger partial charge < -0.3 is 10.6 Å². The Morgan fingerprint density at radius 2 is 2.06 bits per heavy atom. The van der Waals surface area contributed by atoms with Crippen LogP contribution in [0.3, 0.4) is 0 Å². The van der Waals surface area contributed by atoms with Crippen LogP contribution in [0.2, 0.25) is 0 Å². The molecule has 1 saturated heterocycles. The Labute approximate surface area is 99.7 Å². The van der Waals surface area contributed by atoms with Crippen LogP contribution in [0.1, 0.15) is 18.4 Å². The van der Waals surface area contributed by atoms with E-state index in [0.717, 1.165) is 25.9 Å². The van der Waals surface area contributed by atoms with Gasteiger partial charge in [0.1, 0.15) is 5.82 Å². The zero-order valence-electron chi connectivity index (χ0n) is 9.53. The van der Waals surface area contributed by atoms with Crippen LogP contribution in [0, 0.1) is 5.82 Å². The van der Waals surface area contributed by atoms with E-state index in [0.29, 0.717) is 11.3 Å². The van der Waals surface area contributed by atoms with Gasteiger partial charge in [0.15, 0.2) is 0 Å². The van der Waals surface area contributed by atoms with Crippen molar-refractivity contribution in [3.63, 3.8) is 0 Å². The van der Waals surface area contributed by atoms with Gasteiger partial charge in [0.2, 0.25) is 5.91 Å². The normalized spacial score (nSPS) is 15.7. The third kappa shape index (κ3) is 2.84. The molecule has 1 heterocycles. The zero-order valence-corrected chi connectivity index (χ0v) is 9.53. The van der Waals surface area contributed by atoms with Gasteiger partial charge >= 0.3 is 0 Å². The first-order valence-corrected chi connectivity index (χ1v) is 5.69. The third-order valence-electron chi connectivity index (χ3n) is 2.86. The Morgan fingerprint density at radius 1 is 1.35 bits per heavy atom. The number of primary amides is 1. The van der Waals surface area contributed by atoms with Crippen LogP contribution in [0.25, 0.3) is 6.08 Å². The van der Waals surface area contributed by atoms with Crippen LogP contribution >= 0.6 is 0 Å². The highest BCUT2D eigenvalue weighted by atomic mass is 19.1. The van der Waals surface area contributed by atoms with Crippen molar-refractivity contribution >= 4 is 17.7 Å². The highest BCUT2D eigenvalue weighted by molar-refractivity contribution is 5.90. The maximum absolute atomic E-state index is 13.8. The molecule has 2 rings (SSSR count). The predicted octanol–water partition coefficient (Wildman–Crippen LogP) is 1.92. The lowest BCUT2D eigenvalue weighted by Gasteiger charge is -2.18. The molecular formula is C13H15FN2O. The second kappa shape index (κ2) is 4.99. The summed E-state index contributed by atoms with van der Waals surface area (Å²) in [4.78, 5) is 12.6. The van der Waals surface area contributed by atoms with Crippen LogP contribution in [-0.2, 0) is 4.79 Å². The van der Waals surface area contributed by atoms with Crippen LogP contribution < -0.4 is 10.6 Å². The van der Waals surface area contributed by atoms with Crippen molar-refractivity contribution < 1.29 is 9.18 Å². The van der Waals surface area contributed by atoms with E-state index < -0.39 is 5.91 Å². The fourth-order valence-electron chi connectivity index (χ4n) is 2.02. The molecule has 0 radical (unpaired) electrons. The molecule has 4 heteroatoms. The minimum absolute atomic E-state index is 0.251. The SMILES string of the molecule is NC(=O)/C=C\c1ccc(N2CCCC2)c(F)c1. The molecule has 0 saturated carbocycles. The molecule has 0 spiro atoms. The third-order valence-corrected chi connectivity index (χ3v) is 2.86. The number of rotatable bonds is 3. The molecule has 1 fully saturated rings. The summed E-state index contributed by atoms with van der Waals surface area (Å²) in [5.74, 6) is -0.785. The van der Waals surface area contributed by atoms with Crippen molar-refractivity contribution in [3.8, 4) is 0 Å². The van der Waals surface area contributed by atoms with Crippen molar-refractivity contribution in [1.82, 2.24) is 0 Å². The molecule has 1 amide bonds. The van der Waals surface area contributed by atoms with Gasteiger partial charge in [-0.15, -0.1) is 0 Å². The number of halogens is 1. The maximum atomic E-state index is 13.8. The maximum Gasteiger partial charge on any atom is 0.241 e. The number of benzene rings is 1. The number of nitrogens with two attached hydrogens (primary N) is 1. The Morgan fingerprint density at radius 3 is 2.65 bits per heavy atom. The highest BCUT2D eigenvalue weighted by Crippen LogP contribution is 2.24. The van der Waals surface area contributed by atoms with Crippen molar-refractivity contribution in [2.45, 2.75) is 12.8 Å².